The molecule has 2 aromatic rings. The summed E-state index contributed by atoms with van der Waals surface area (Å²) in [6, 6.07) is 8.56. The van der Waals surface area contributed by atoms with Crippen molar-refractivity contribution in [1.82, 2.24) is 9.88 Å². The van der Waals surface area contributed by atoms with E-state index in [1.165, 1.54) is 23.3 Å². The maximum atomic E-state index is 13.0. The van der Waals surface area contributed by atoms with Gasteiger partial charge in [0, 0.05) is 37.1 Å². The van der Waals surface area contributed by atoms with Crippen molar-refractivity contribution in [1.29, 1.82) is 0 Å². The summed E-state index contributed by atoms with van der Waals surface area (Å²) in [5, 5.41) is 2.79. The molecule has 1 saturated carbocycles. The number of carbonyl (C=O) groups excluding carboxylic acids is 2. The minimum Gasteiger partial charge on any atom is -0.356 e. The van der Waals surface area contributed by atoms with Crippen molar-refractivity contribution >= 4 is 34.0 Å². The second-order valence-electron chi connectivity index (χ2n) is 8.38. The van der Waals surface area contributed by atoms with Gasteiger partial charge >= 0.3 is 0 Å². The highest BCUT2D eigenvalue weighted by Crippen LogP contribution is 2.34. The van der Waals surface area contributed by atoms with Crippen molar-refractivity contribution in [3.05, 3.63) is 40.9 Å². The second kappa shape index (κ2) is 9.16. The van der Waals surface area contributed by atoms with Crippen molar-refractivity contribution in [2.45, 2.75) is 58.5 Å². The number of aromatic nitrogens is 1. The summed E-state index contributed by atoms with van der Waals surface area (Å²) < 4.78 is 0. The SMILES string of the molecule is CC(=O)N(c1nc(CN(CC(=O)N2CCCCC2)c2cccc(C)c2)cs1)C1CC1. The number of hydrogen-bond acceptors (Lipinski definition) is 5. The smallest absolute Gasteiger partial charge is 0.242 e. The Labute approximate surface area is 182 Å². The molecule has 1 aromatic heterocycles. The zero-order valence-corrected chi connectivity index (χ0v) is 18.7. The number of aryl methyl sites for hydroxylation is 1. The first-order valence-corrected chi connectivity index (χ1v) is 11.7. The first kappa shape index (κ1) is 20.8. The number of amides is 2. The van der Waals surface area contributed by atoms with Crippen LogP contribution in [0.5, 0.6) is 0 Å². The number of thiazole rings is 1. The minimum absolute atomic E-state index is 0.0502. The summed E-state index contributed by atoms with van der Waals surface area (Å²) in [5.74, 6) is 0.226. The number of nitrogens with zero attached hydrogens (tertiary/aromatic N) is 4. The fourth-order valence-electron chi connectivity index (χ4n) is 4.03. The number of likely N-dealkylation sites (tertiary alicyclic amines) is 1. The molecule has 6 nitrogen and oxygen atoms in total. The van der Waals surface area contributed by atoms with Crippen molar-refractivity contribution in [2.75, 3.05) is 29.4 Å². The molecule has 7 heteroatoms. The Hall–Kier alpha value is -2.41. The summed E-state index contributed by atoms with van der Waals surface area (Å²) in [4.78, 5) is 35.7. The molecule has 0 radical (unpaired) electrons. The third-order valence-electron chi connectivity index (χ3n) is 5.75. The minimum atomic E-state index is 0.0502. The predicted octanol–water partition coefficient (Wildman–Crippen LogP) is 3.99. The maximum Gasteiger partial charge on any atom is 0.242 e. The monoisotopic (exact) mass is 426 g/mol. The molecule has 160 valence electrons. The first-order chi connectivity index (χ1) is 14.5. The first-order valence-electron chi connectivity index (χ1n) is 10.8. The summed E-state index contributed by atoms with van der Waals surface area (Å²) in [6.07, 6.45) is 5.49. The maximum absolute atomic E-state index is 13.0. The van der Waals surface area contributed by atoms with Crippen LogP contribution in [-0.4, -0.2) is 47.4 Å². The van der Waals surface area contributed by atoms with Gasteiger partial charge in [-0.3, -0.25) is 14.5 Å². The van der Waals surface area contributed by atoms with E-state index in [9.17, 15) is 9.59 Å². The molecule has 1 saturated heterocycles. The number of anilines is 2. The Morgan fingerprint density at radius 2 is 1.97 bits per heavy atom. The molecule has 0 unspecified atom stereocenters. The molecule has 30 heavy (non-hydrogen) atoms. The van der Waals surface area contributed by atoms with Gasteiger partial charge < -0.3 is 9.80 Å². The highest BCUT2D eigenvalue weighted by atomic mass is 32.1. The number of hydrogen-bond donors (Lipinski definition) is 0. The highest BCUT2D eigenvalue weighted by molar-refractivity contribution is 7.14. The summed E-state index contributed by atoms with van der Waals surface area (Å²) in [7, 11) is 0. The Balaban J connectivity index is 1.52. The van der Waals surface area contributed by atoms with E-state index in [-0.39, 0.29) is 11.8 Å². The molecule has 0 N–H and O–H groups in total. The van der Waals surface area contributed by atoms with E-state index in [2.05, 4.69) is 30.0 Å². The van der Waals surface area contributed by atoms with Crippen molar-refractivity contribution in [3.8, 4) is 0 Å². The van der Waals surface area contributed by atoms with Gasteiger partial charge in [0.1, 0.15) is 0 Å². The Kier molecular flexibility index (Phi) is 6.37. The fraction of sp³-hybridized carbons (Fsp3) is 0.522. The molecule has 2 heterocycles. The van der Waals surface area contributed by atoms with Gasteiger partial charge in [0.25, 0.3) is 0 Å². The number of piperidine rings is 1. The van der Waals surface area contributed by atoms with Gasteiger partial charge in [0.05, 0.1) is 18.8 Å². The van der Waals surface area contributed by atoms with E-state index >= 15 is 0 Å². The Morgan fingerprint density at radius 1 is 1.20 bits per heavy atom. The van der Waals surface area contributed by atoms with Crippen LogP contribution in [0, 0.1) is 6.92 Å². The van der Waals surface area contributed by atoms with E-state index in [1.54, 1.807) is 6.92 Å². The standard InChI is InChI=1S/C23H30N4O2S/c1-17-7-6-8-21(13-17)26(15-22(29)25-11-4-3-5-12-25)14-19-16-30-23(24-19)27(18(2)28)20-9-10-20/h6-8,13,16,20H,3-5,9-12,14-15H2,1-2H3. The molecule has 0 bridgehead atoms. The summed E-state index contributed by atoms with van der Waals surface area (Å²) >= 11 is 1.51. The number of benzene rings is 1. The molecular weight excluding hydrogens is 396 g/mol. The molecule has 0 atom stereocenters. The van der Waals surface area contributed by atoms with Crippen molar-refractivity contribution in [3.63, 3.8) is 0 Å². The van der Waals surface area contributed by atoms with Crippen LogP contribution < -0.4 is 9.80 Å². The van der Waals surface area contributed by atoms with Crippen LogP contribution in [0.25, 0.3) is 0 Å². The van der Waals surface area contributed by atoms with Crippen LogP contribution in [-0.2, 0) is 16.1 Å². The second-order valence-corrected chi connectivity index (χ2v) is 9.21. The van der Waals surface area contributed by atoms with Crippen LogP contribution >= 0.6 is 11.3 Å². The van der Waals surface area contributed by atoms with Gasteiger partial charge in [-0.05, 0) is 56.7 Å². The van der Waals surface area contributed by atoms with E-state index in [0.717, 1.165) is 55.3 Å². The zero-order valence-electron chi connectivity index (χ0n) is 17.8. The predicted molar refractivity (Wildman–Crippen MR) is 121 cm³/mol. The molecular formula is C23H30N4O2S. The van der Waals surface area contributed by atoms with E-state index in [4.69, 9.17) is 4.98 Å². The van der Waals surface area contributed by atoms with Crippen LogP contribution in [0.4, 0.5) is 10.8 Å². The lowest BCUT2D eigenvalue weighted by molar-refractivity contribution is -0.130. The summed E-state index contributed by atoms with van der Waals surface area (Å²) in [6.45, 7) is 6.28. The molecule has 1 aliphatic heterocycles. The van der Waals surface area contributed by atoms with Crippen LogP contribution in [0.2, 0.25) is 0 Å². The average molecular weight is 427 g/mol. The largest absolute Gasteiger partial charge is 0.356 e. The molecule has 4 rings (SSSR count). The molecule has 1 aromatic carbocycles. The number of carbonyl (C=O) groups is 2. The van der Waals surface area contributed by atoms with Gasteiger partial charge in [-0.1, -0.05) is 12.1 Å². The lowest BCUT2D eigenvalue weighted by atomic mass is 10.1. The van der Waals surface area contributed by atoms with Crippen LogP contribution in [0.15, 0.2) is 29.6 Å². The Morgan fingerprint density at radius 3 is 2.63 bits per heavy atom. The average Bonchev–Trinajstić information content (AvgIpc) is 3.46. The number of rotatable bonds is 7. The Bertz CT molecular complexity index is 902. The zero-order chi connectivity index (χ0) is 21.1. The summed E-state index contributed by atoms with van der Waals surface area (Å²) in [5.41, 5.74) is 3.09. The van der Waals surface area contributed by atoms with Gasteiger partial charge in [0.15, 0.2) is 5.13 Å². The van der Waals surface area contributed by atoms with Crippen molar-refractivity contribution in [2.24, 2.45) is 0 Å². The molecule has 2 aliphatic rings. The third kappa shape index (κ3) is 5.01. The van der Waals surface area contributed by atoms with E-state index in [1.807, 2.05) is 21.2 Å². The van der Waals surface area contributed by atoms with Crippen LogP contribution in [0.3, 0.4) is 0 Å². The van der Waals surface area contributed by atoms with Gasteiger partial charge in [-0.15, -0.1) is 11.3 Å². The molecule has 2 amide bonds. The quantitative estimate of drug-likeness (QED) is 0.672. The fourth-order valence-corrected chi connectivity index (χ4v) is 4.96. The topological polar surface area (TPSA) is 56.8 Å². The highest BCUT2D eigenvalue weighted by Gasteiger charge is 2.33. The third-order valence-corrected chi connectivity index (χ3v) is 6.64. The molecule has 1 aliphatic carbocycles. The molecule has 0 spiro atoms. The van der Waals surface area contributed by atoms with Gasteiger partial charge in [-0.25, -0.2) is 4.98 Å². The van der Waals surface area contributed by atoms with Crippen molar-refractivity contribution < 1.29 is 9.59 Å². The lowest BCUT2D eigenvalue weighted by Crippen LogP contribution is -2.42. The van der Waals surface area contributed by atoms with E-state index in [0.29, 0.717) is 19.1 Å². The van der Waals surface area contributed by atoms with Gasteiger partial charge in [-0.2, -0.15) is 0 Å². The van der Waals surface area contributed by atoms with E-state index < -0.39 is 0 Å². The van der Waals surface area contributed by atoms with Gasteiger partial charge in [0.2, 0.25) is 11.8 Å². The normalized spacial score (nSPS) is 16.4. The lowest BCUT2D eigenvalue weighted by Gasteiger charge is -2.31. The van der Waals surface area contributed by atoms with Crippen LogP contribution in [0.1, 0.15) is 50.3 Å². The molecule has 2 fully saturated rings.